The van der Waals surface area contributed by atoms with Crippen LogP contribution in [0.15, 0.2) is 91.5 Å². The van der Waals surface area contributed by atoms with Gasteiger partial charge in [-0.2, -0.15) is 0 Å². The Bertz CT molecular complexity index is 1460. The van der Waals surface area contributed by atoms with Gasteiger partial charge in [0, 0.05) is 43.0 Å². The van der Waals surface area contributed by atoms with E-state index in [2.05, 4.69) is 39.1 Å². The molecule has 6 rings (SSSR count). The summed E-state index contributed by atoms with van der Waals surface area (Å²) in [5.74, 6) is 0.103. The lowest BCUT2D eigenvalue weighted by molar-refractivity contribution is -0.253. The van der Waals surface area contributed by atoms with Gasteiger partial charge in [-0.3, -0.25) is 10.1 Å². The second-order valence-corrected chi connectivity index (χ2v) is 11.7. The van der Waals surface area contributed by atoms with Crippen LogP contribution in [0, 0.1) is 0 Å². The second kappa shape index (κ2) is 13.8. The van der Waals surface area contributed by atoms with E-state index in [1.54, 1.807) is 12.1 Å². The number of nitrogens with one attached hydrogen (secondary N) is 2. The minimum absolute atomic E-state index is 0.0160. The molecular weight excluding hydrogens is 572 g/mol. The maximum Gasteiger partial charge on any atom is 0.411 e. The fraction of sp³-hybridized carbons (Fsp3) is 0.371. The Kier molecular flexibility index (Phi) is 9.46. The molecule has 0 unspecified atom stereocenters. The number of nitrogens with zero attached hydrogens (tertiary/aromatic N) is 2. The summed E-state index contributed by atoms with van der Waals surface area (Å²) in [5.41, 5.74) is 3.81. The second-order valence-electron chi connectivity index (χ2n) is 11.7. The van der Waals surface area contributed by atoms with Crippen LogP contribution in [0.2, 0.25) is 0 Å². The van der Waals surface area contributed by atoms with Crippen molar-refractivity contribution in [2.24, 2.45) is 0 Å². The van der Waals surface area contributed by atoms with Gasteiger partial charge in [-0.1, -0.05) is 67.3 Å². The number of hydrogen-bond donors (Lipinski definition) is 3. The van der Waals surface area contributed by atoms with Crippen molar-refractivity contribution in [2.45, 2.75) is 49.9 Å². The number of anilines is 2. The molecule has 3 fully saturated rings. The lowest BCUT2D eigenvalue weighted by Gasteiger charge is -2.45. The van der Waals surface area contributed by atoms with E-state index in [-0.39, 0.29) is 31.3 Å². The summed E-state index contributed by atoms with van der Waals surface area (Å²) in [5, 5.41) is 15.3. The van der Waals surface area contributed by atoms with Crippen molar-refractivity contribution < 1.29 is 28.9 Å². The molecule has 10 nitrogen and oxygen atoms in total. The molecule has 0 bridgehead atoms. The van der Waals surface area contributed by atoms with Crippen LogP contribution in [0.1, 0.15) is 48.3 Å². The number of aliphatic hydroxyl groups excluding tert-OH is 1. The molecule has 1 spiro atoms. The molecule has 45 heavy (non-hydrogen) atoms. The van der Waals surface area contributed by atoms with Crippen LogP contribution in [0.25, 0.3) is 0 Å². The Balaban J connectivity index is 1.15. The first-order valence-electron chi connectivity index (χ1n) is 15.5. The van der Waals surface area contributed by atoms with Gasteiger partial charge < -0.3 is 34.4 Å². The normalized spacial score (nSPS) is 23.0. The number of amides is 2. The Hall–Kier alpha value is -4.22. The molecule has 10 heteroatoms. The monoisotopic (exact) mass is 612 g/mol. The Morgan fingerprint density at radius 2 is 1.73 bits per heavy atom. The first-order chi connectivity index (χ1) is 22.0. The van der Waals surface area contributed by atoms with Crippen molar-refractivity contribution in [1.82, 2.24) is 10.2 Å². The quantitative estimate of drug-likeness (QED) is 0.293. The first kappa shape index (κ1) is 30.8. The van der Waals surface area contributed by atoms with E-state index in [9.17, 15) is 14.7 Å². The van der Waals surface area contributed by atoms with Gasteiger partial charge in [-0.25, -0.2) is 4.79 Å². The highest BCUT2D eigenvalue weighted by atomic mass is 16.7. The zero-order chi connectivity index (χ0) is 31.2. The van der Waals surface area contributed by atoms with Gasteiger partial charge in [0.2, 0.25) is 5.91 Å². The van der Waals surface area contributed by atoms with Crippen LogP contribution in [-0.4, -0.2) is 66.6 Å². The van der Waals surface area contributed by atoms with Gasteiger partial charge in [0.25, 0.3) is 0 Å². The van der Waals surface area contributed by atoms with E-state index < -0.39 is 17.9 Å². The van der Waals surface area contributed by atoms with E-state index in [4.69, 9.17) is 14.2 Å². The van der Waals surface area contributed by atoms with Crippen LogP contribution in [0.5, 0.6) is 0 Å². The number of rotatable bonds is 9. The minimum Gasteiger partial charge on any atom is -0.445 e. The van der Waals surface area contributed by atoms with Crippen molar-refractivity contribution >= 4 is 23.4 Å². The van der Waals surface area contributed by atoms with Gasteiger partial charge in [0.1, 0.15) is 12.1 Å². The minimum atomic E-state index is -0.613. The molecule has 3 N–H and O–H groups in total. The topological polar surface area (TPSA) is 113 Å². The highest BCUT2D eigenvalue weighted by molar-refractivity contribution is 5.93. The van der Waals surface area contributed by atoms with Gasteiger partial charge in [0.05, 0.1) is 25.5 Å². The number of carbonyl (C=O) groups excluding carboxylic acids is 2. The van der Waals surface area contributed by atoms with Crippen LogP contribution in [0.3, 0.4) is 0 Å². The zero-order valence-electron chi connectivity index (χ0n) is 25.3. The Labute approximate surface area is 263 Å². The third kappa shape index (κ3) is 6.89. The average Bonchev–Trinajstić information content (AvgIpc) is 3.40. The standard InChI is InChI=1S/C35H40N4O6/c1-2-20-43-34(42)37-28-14-12-27(13-15-28)32-44-30(21-31(45-32)26-10-8-25(23-40)9-11-26)22-38-18-16-35(17-19-38)33(41)36-24-39(35)29-6-4-3-5-7-29/h2-15,30-32,40H,1,16-24H2,(H,36,41)(H,37,42)/t30-,31+,32+/m1/s1. The highest BCUT2D eigenvalue weighted by Crippen LogP contribution is 2.40. The lowest BCUT2D eigenvalue weighted by Crippen LogP contribution is -2.57. The molecule has 0 saturated carbocycles. The molecule has 0 aliphatic carbocycles. The molecule has 3 atom stereocenters. The van der Waals surface area contributed by atoms with Crippen LogP contribution >= 0.6 is 0 Å². The van der Waals surface area contributed by atoms with Crippen molar-refractivity contribution in [3.8, 4) is 0 Å². The number of para-hydroxylation sites is 1. The summed E-state index contributed by atoms with van der Waals surface area (Å²) < 4.78 is 18.1. The number of benzene rings is 3. The summed E-state index contributed by atoms with van der Waals surface area (Å²) in [4.78, 5) is 29.7. The fourth-order valence-electron chi connectivity index (χ4n) is 6.47. The molecule has 3 aliphatic heterocycles. The number of aliphatic hydroxyl groups is 1. The zero-order valence-corrected chi connectivity index (χ0v) is 25.3. The first-order valence-corrected chi connectivity index (χ1v) is 15.5. The van der Waals surface area contributed by atoms with Crippen LogP contribution in [0.4, 0.5) is 16.2 Å². The van der Waals surface area contributed by atoms with E-state index in [0.29, 0.717) is 25.3 Å². The fourth-order valence-corrected chi connectivity index (χ4v) is 6.47. The lowest BCUT2D eigenvalue weighted by atomic mass is 9.85. The summed E-state index contributed by atoms with van der Waals surface area (Å²) >= 11 is 0. The number of piperidine rings is 1. The third-order valence-electron chi connectivity index (χ3n) is 8.93. The number of hydrogen-bond acceptors (Lipinski definition) is 8. The predicted molar refractivity (Wildman–Crippen MR) is 170 cm³/mol. The van der Waals surface area contributed by atoms with E-state index in [1.165, 1.54) is 6.08 Å². The molecule has 3 saturated heterocycles. The smallest absolute Gasteiger partial charge is 0.411 e. The molecule has 3 aromatic rings. The van der Waals surface area contributed by atoms with Crippen LogP contribution in [-0.2, 0) is 25.6 Å². The maximum atomic E-state index is 13.1. The predicted octanol–water partition coefficient (Wildman–Crippen LogP) is 4.89. The molecular formula is C35H40N4O6. The third-order valence-corrected chi connectivity index (χ3v) is 8.93. The van der Waals surface area contributed by atoms with Gasteiger partial charge >= 0.3 is 6.09 Å². The van der Waals surface area contributed by atoms with Gasteiger partial charge in [-0.15, -0.1) is 0 Å². The molecule has 236 valence electrons. The summed E-state index contributed by atoms with van der Waals surface area (Å²) in [6.45, 7) is 6.46. The molecule has 2 amide bonds. The van der Waals surface area contributed by atoms with Gasteiger partial charge in [0.15, 0.2) is 6.29 Å². The summed E-state index contributed by atoms with van der Waals surface area (Å²) in [7, 11) is 0. The summed E-state index contributed by atoms with van der Waals surface area (Å²) in [6.07, 6.45) is 2.15. The highest BCUT2D eigenvalue weighted by Gasteiger charge is 2.50. The molecule has 3 aliphatic rings. The van der Waals surface area contributed by atoms with E-state index in [0.717, 1.165) is 48.3 Å². The maximum absolute atomic E-state index is 13.1. The van der Waals surface area contributed by atoms with Gasteiger partial charge in [-0.05, 0) is 48.2 Å². The number of ether oxygens (including phenoxy) is 3. The van der Waals surface area contributed by atoms with Crippen molar-refractivity contribution in [3.05, 3.63) is 108 Å². The number of carbonyl (C=O) groups is 2. The van der Waals surface area contributed by atoms with Crippen LogP contribution < -0.4 is 15.5 Å². The van der Waals surface area contributed by atoms with E-state index in [1.807, 2.05) is 54.6 Å². The largest absolute Gasteiger partial charge is 0.445 e. The number of likely N-dealkylation sites (tertiary alicyclic amines) is 1. The molecule has 3 heterocycles. The van der Waals surface area contributed by atoms with Crippen molar-refractivity contribution in [2.75, 3.05) is 43.1 Å². The molecule has 0 radical (unpaired) electrons. The van der Waals surface area contributed by atoms with E-state index >= 15 is 0 Å². The molecule has 3 aromatic carbocycles. The SMILES string of the molecule is C=CCOC(=O)Nc1ccc([C@H]2O[C@@H](CN3CCC4(CC3)C(=O)NCN4c3ccccc3)C[C@@H](c3ccc(CO)cc3)O2)cc1. The summed E-state index contributed by atoms with van der Waals surface area (Å²) in [6, 6.07) is 25.3. The van der Waals surface area contributed by atoms with Crippen molar-refractivity contribution in [3.63, 3.8) is 0 Å². The molecule has 0 aromatic heterocycles. The Morgan fingerprint density at radius 1 is 1.02 bits per heavy atom. The Morgan fingerprint density at radius 3 is 2.42 bits per heavy atom. The average molecular weight is 613 g/mol. The van der Waals surface area contributed by atoms with Crippen molar-refractivity contribution in [1.29, 1.82) is 0 Å².